The van der Waals surface area contributed by atoms with Gasteiger partial charge in [-0.05, 0) is 42.0 Å². The smallest absolute Gasteiger partial charge is 0.345 e. The lowest BCUT2D eigenvalue weighted by molar-refractivity contribution is -0.137. The molecule has 3 rings (SSSR count). The summed E-state index contributed by atoms with van der Waals surface area (Å²) in [6.07, 6.45) is -1.02. The third-order valence-corrected chi connectivity index (χ3v) is 3.59. The van der Waals surface area contributed by atoms with E-state index in [4.69, 9.17) is 0 Å². The van der Waals surface area contributed by atoms with Crippen molar-refractivity contribution >= 4 is 11.6 Å². The molecule has 0 saturated heterocycles. The number of amides is 1. The van der Waals surface area contributed by atoms with Gasteiger partial charge in [0.25, 0.3) is 0 Å². The highest BCUT2D eigenvalue weighted by Crippen LogP contribution is 2.29. The van der Waals surface area contributed by atoms with E-state index >= 15 is 0 Å². The molecule has 0 fully saturated rings. The molecule has 1 heterocycles. The monoisotopic (exact) mass is 345 g/mol. The van der Waals surface area contributed by atoms with Crippen molar-refractivity contribution in [3.05, 3.63) is 72.1 Å². The first-order chi connectivity index (χ1) is 11.9. The number of hydrogen-bond donors (Lipinski definition) is 2. The molecule has 25 heavy (non-hydrogen) atoms. The van der Waals surface area contributed by atoms with Crippen molar-refractivity contribution in [2.45, 2.75) is 12.6 Å². The number of H-pyrrole nitrogens is 1. The molecular weight excluding hydrogens is 331 g/mol. The number of carbonyl (C=O) groups excluding carboxylic acids is 1. The minimum absolute atomic E-state index is 0.00191. The van der Waals surface area contributed by atoms with Gasteiger partial charge in [-0.1, -0.05) is 12.1 Å². The zero-order valence-corrected chi connectivity index (χ0v) is 13.0. The van der Waals surface area contributed by atoms with Crippen molar-refractivity contribution in [3.8, 4) is 11.4 Å². The van der Waals surface area contributed by atoms with Gasteiger partial charge in [0.15, 0.2) is 0 Å². The molecule has 0 spiro atoms. The fourth-order valence-corrected chi connectivity index (χ4v) is 2.34. The number of imidazole rings is 1. The molecule has 1 amide bonds. The molecule has 2 N–H and O–H groups in total. The van der Waals surface area contributed by atoms with E-state index < -0.39 is 11.7 Å². The van der Waals surface area contributed by atoms with Gasteiger partial charge in [0.05, 0.1) is 12.0 Å². The van der Waals surface area contributed by atoms with Gasteiger partial charge in [-0.15, -0.1) is 0 Å². The molecule has 0 unspecified atom stereocenters. The van der Waals surface area contributed by atoms with Crippen molar-refractivity contribution in [1.29, 1.82) is 0 Å². The van der Waals surface area contributed by atoms with E-state index in [1.165, 1.54) is 12.1 Å². The molecule has 2 aromatic carbocycles. The maximum atomic E-state index is 12.5. The zero-order chi connectivity index (χ0) is 17.9. The molecule has 7 heteroatoms. The van der Waals surface area contributed by atoms with Crippen molar-refractivity contribution in [2.75, 3.05) is 5.32 Å². The molecule has 128 valence electrons. The number of carbonyl (C=O) groups is 1. The van der Waals surface area contributed by atoms with Crippen LogP contribution in [0.25, 0.3) is 11.4 Å². The highest BCUT2D eigenvalue weighted by Gasteiger charge is 2.29. The molecule has 4 nitrogen and oxygen atoms in total. The summed E-state index contributed by atoms with van der Waals surface area (Å²) in [5, 5.41) is 2.72. The summed E-state index contributed by atoms with van der Waals surface area (Å²) < 4.78 is 37.6. The first-order valence-electron chi connectivity index (χ1n) is 7.47. The van der Waals surface area contributed by atoms with Crippen LogP contribution in [0.15, 0.2) is 60.9 Å². The minimum atomic E-state index is -4.38. The quantitative estimate of drug-likeness (QED) is 0.742. The number of hydrogen-bond acceptors (Lipinski definition) is 2. The van der Waals surface area contributed by atoms with Crippen molar-refractivity contribution < 1.29 is 18.0 Å². The predicted molar refractivity (Wildman–Crippen MR) is 87.8 cm³/mol. The fourth-order valence-electron chi connectivity index (χ4n) is 2.34. The Morgan fingerprint density at radius 3 is 2.28 bits per heavy atom. The molecule has 3 aromatic rings. The largest absolute Gasteiger partial charge is 0.416 e. The average molecular weight is 345 g/mol. The SMILES string of the molecule is O=C(Cc1ccc(C(F)(F)F)cc1)Nc1ccc(-c2ncc[nH]2)cc1. The Hall–Kier alpha value is -3.09. The Labute approximate surface area is 141 Å². The minimum Gasteiger partial charge on any atom is -0.345 e. The molecular formula is C18H14F3N3O. The number of anilines is 1. The lowest BCUT2D eigenvalue weighted by Crippen LogP contribution is -2.14. The van der Waals surface area contributed by atoms with Crippen LogP contribution in [-0.4, -0.2) is 15.9 Å². The second kappa shape index (κ2) is 6.80. The maximum absolute atomic E-state index is 12.5. The number of nitrogens with zero attached hydrogens (tertiary/aromatic N) is 1. The van der Waals surface area contributed by atoms with E-state index in [2.05, 4.69) is 15.3 Å². The molecule has 0 aliphatic heterocycles. The fraction of sp³-hybridized carbons (Fsp3) is 0.111. The van der Waals surface area contributed by atoms with E-state index in [-0.39, 0.29) is 12.3 Å². The standard InChI is InChI=1S/C18H14F3N3O/c19-18(20,21)14-5-1-12(2-6-14)11-16(25)24-15-7-3-13(4-8-15)17-22-9-10-23-17/h1-10H,11H2,(H,22,23)(H,24,25). The molecule has 0 aliphatic rings. The van der Waals surface area contributed by atoms with Crippen LogP contribution >= 0.6 is 0 Å². The van der Waals surface area contributed by atoms with Gasteiger partial charge in [-0.2, -0.15) is 13.2 Å². The first-order valence-corrected chi connectivity index (χ1v) is 7.47. The van der Waals surface area contributed by atoms with E-state index in [1.54, 1.807) is 24.5 Å². The Balaban J connectivity index is 1.61. The van der Waals surface area contributed by atoms with Crippen LogP contribution in [0.2, 0.25) is 0 Å². The van der Waals surface area contributed by atoms with Gasteiger partial charge in [-0.3, -0.25) is 4.79 Å². The van der Waals surface area contributed by atoms with E-state index in [0.717, 1.165) is 23.5 Å². The maximum Gasteiger partial charge on any atom is 0.416 e. The van der Waals surface area contributed by atoms with E-state index in [1.807, 2.05) is 12.1 Å². The van der Waals surface area contributed by atoms with Crippen molar-refractivity contribution in [2.24, 2.45) is 0 Å². The lowest BCUT2D eigenvalue weighted by atomic mass is 10.1. The molecule has 0 radical (unpaired) electrons. The summed E-state index contributed by atoms with van der Waals surface area (Å²) >= 11 is 0. The number of rotatable bonds is 4. The second-order valence-corrected chi connectivity index (χ2v) is 5.43. The van der Waals surface area contributed by atoms with Crippen molar-refractivity contribution in [3.63, 3.8) is 0 Å². The summed E-state index contributed by atoms with van der Waals surface area (Å²) in [7, 11) is 0. The highest BCUT2D eigenvalue weighted by atomic mass is 19.4. The van der Waals surface area contributed by atoms with Gasteiger partial charge in [0, 0.05) is 23.6 Å². The number of halogens is 3. The van der Waals surface area contributed by atoms with Gasteiger partial charge in [0.1, 0.15) is 5.82 Å². The zero-order valence-electron chi connectivity index (χ0n) is 13.0. The molecule has 0 saturated carbocycles. The lowest BCUT2D eigenvalue weighted by Gasteiger charge is -2.08. The van der Waals surface area contributed by atoms with Crippen molar-refractivity contribution in [1.82, 2.24) is 9.97 Å². The van der Waals surface area contributed by atoms with Crippen LogP contribution in [-0.2, 0) is 17.4 Å². The summed E-state index contributed by atoms with van der Waals surface area (Å²) in [5.41, 5.74) is 1.26. The normalized spacial score (nSPS) is 11.3. The Bertz CT molecular complexity index is 839. The number of nitrogens with one attached hydrogen (secondary N) is 2. The number of benzene rings is 2. The van der Waals surface area contributed by atoms with Crippen LogP contribution in [0.4, 0.5) is 18.9 Å². The predicted octanol–water partition coefficient (Wildman–Crippen LogP) is 4.28. The third kappa shape index (κ3) is 4.26. The van der Waals surface area contributed by atoms with Crippen LogP contribution in [0, 0.1) is 0 Å². The number of aromatic nitrogens is 2. The Morgan fingerprint density at radius 2 is 1.72 bits per heavy atom. The topological polar surface area (TPSA) is 57.8 Å². The van der Waals surface area contributed by atoms with Crippen LogP contribution in [0.3, 0.4) is 0 Å². The average Bonchev–Trinajstić information content (AvgIpc) is 3.09. The Morgan fingerprint density at radius 1 is 1.04 bits per heavy atom. The van der Waals surface area contributed by atoms with E-state index in [0.29, 0.717) is 11.3 Å². The molecule has 0 aliphatic carbocycles. The van der Waals surface area contributed by atoms with E-state index in [9.17, 15) is 18.0 Å². The molecule has 0 atom stereocenters. The van der Waals surface area contributed by atoms with Crippen LogP contribution in [0.5, 0.6) is 0 Å². The summed E-state index contributed by atoms with van der Waals surface area (Å²) in [5.74, 6) is 0.424. The number of aromatic amines is 1. The highest BCUT2D eigenvalue weighted by molar-refractivity contribution is 5.92. The van der Waals surface area contributed by atoms with Gasteiger partial charge in [0.2, 0.25) is 5.91 Å². The van der Waals surface area contributed by atoms with Crippen LogP contribution in [0.1, 0.15) is 11.1 Å². The summed E-state index contributed by atoms with van der Waals surface area (Å²) in [6.45, 7) is 0. The molecule has 1 aromatic heterocycles. The summed E-state index contributed by atoms with van der Waals surface area (Å²) in [4.78, 5) is 19.1. The van der Waals surface area contributed by atoms with Gasteiger partial charge >= 0.3 is 6.18 Å². The van der Waals surface area contributed by atoms with Gasteiger partial charge in [-0.25, -0.2) is 4.98 Å². The molecule has 0 bridgehead atoms. The van der Waals surface area contributed by atoms with Crippen LogP contribution < -0.4 is 5.32 Å². The first kappa shape index (κ1) is 16.8. The second-order valence-electron chi connectivity index (χ2n) is 5.43. The summed E-state index contributed by atoms with van der Waals surface area (Å²) in [6, 6.07) is 11.7. The number of alkyl halides is 3. The van der Waals surface area contributed by atoms with Gasteiger partial charge < -0.3 is 10.3 Å². The third-order valence-electron chi connectivity index (χ3n) is 3.59. The Kier molecular flexibility index (Phi) is 4.56.